The first-order valence-electron chi connectivity index (χ1n) is 9.37. The van der Waals surface area contributed by atoms with Crippen molar-refractivity contribution in [3.63, 3.8) is 0 Å². The van der Waals surface area contributed by atoms with E-state index in [2.05, 4.69) is 5.32 Å². The average molecular weight is 422 g/mol. The van der Waals surface area contributed by atoms with Gasteiger partial charge in [0.2, 0.25) is 5.91 Å². The average Bonchev–Trinajstić information content (AvgIpc) is 3.05. The van der Waals surface area contributed by atoms with Crippen LogP contribution in [0.15, 0.2) is 54.6 Å². The minimum Gasteiger partial charge on any atom is -0.461 e. The summed E-state index contributed by atoms with van der Waals surface area (Å²) in [5, 5.41) is 11.9. The first-order chi connectivity index (χ1) is 14.4. The van der Waals surface area contributed by atoms with Gasteiger partial charge in [-0.1, -0.05) is 41.4 Å². The Bertz CT molecular complexity index is 1110. The molecule has 2 aromatic carbocycles. The van der Waals surface area contributed by atoms with Crippen molar-refractivity contribution in [1.82, 2.24) is 4.57 Å². The minimum atomic E-state index is -0.585. The van der Waals surface area contributed by atoms with Gasteiger partial charge in [-0.2, -0.15) is 5.26 Å². The maximum Gasteiger partial charge on any atom is 0.357 e. The summed E-state index contributed by atoms with van der Waals surface area (Å²) in [4.78, 5) is 25.3. The zero-order valence-electron chi connectivity index (χ0n) is 16.6. The van der Waals surface area contributed by atoms with E-state index >= 15 is 0 Å². The van der Waals surface area contributed by atoms with Crippen molar-refractivity contribution < 1.29 is 14.3 Å². The van der Waals surface area contributed by atoms with Crippen molar-refractivity contribution in [1.29, 1.82) is 5.26 Å². The van der Waals surface area contributed by atoms with E-state index in [1.54, 1.807) is 35.8 Å². The summed E-state index contributed by atoms with van der Waals surface area (Å²) >= 11 is 6.42. The molecule has 30 heavy (non-hydrogen) atoms. The number of nitriles is 1. The second kappa shape index (κ2) is 9.29. The smallest absolute Gasteiger partial charge is 0.357 e. The van der Waals surface area contributed by atoms with Crippen molar-refractivity contribution in [2.45, 2.75) is 20.3 Å². The Balaban J connectivity index is 1.92. The zero-order valence-corrected chi connectivity index (χ0v) is 17.4. The molecule has 3 rings (SSSR count). The summed E-state index contributed by atoms with van der Waals surface area (Å²) in [6, 6.07) is 17.8. The van der Waals surface area contributed by atoms with Crippen molar-refractivity contribution in [2.75, 3.05) is 11.9 Å². The van der Waals surface area contributed by atoms with Gasteiger partial charge in [0.25, 0.3) is 0 Å². The van der Waals surface area contributed by atoms with Crippen LogP contribution in [-0.4, -0.2) is 23.1 Å². The highest BCUT2D eigenvalue weighted by Gasteiger charge is 2.24. The van der Waals surface area contributed by atoms with E-state index in [4.69, 9.17) is 21.6 Å². The molecule has 0 atom stereocenters. The van der Waals surface area contributed by atoms with Gasteiger partial charge in [0.1, 0.15) is 5.15 Å². The zero-order chi connectivity index (χ0) is 21.7. The van der Waals surface area contributed by atoms with Crippen LogP contribution in [0.3, 0.4) is 0 Å². The van der Waals surface area contributed by atoms with E-state index in [-0.39, 0.29) is 35.5 Å². The van der Waals surface area contributed by atoms with Gasteiger partial charge in [-0.3, -0.25) is 9.36 Å². The Morgan fingerprint density at radius 2 is 1.80 bits per heavy atom. The standard InChI is InChI=1S/C23H20ClN3O3/c1-3-30-23(29)22-19(13-20(24)27(22)18-10-4-15(2)5-11-18)26-21(28)12-16-6-8-17(14-25)9-7-16/h4-11,13H,3,12H2,1-2H3,(H,26,28). The third kappa shape index (κ3) is 4.70. The second-order valence-corrected chi connectivity index (χ2v) is 7.04. The fraction of sp³-hybridized carbons (Fsp3) is 0.174. The number of anilines is 1. The van der Waals surface area contributed by atoms with Crippen molar-refractivity contribution in [3.8, 4) is 11.8 Å². The maximum absolute atomic E-state index is 12.7. The molecular formula is C23H20ClN3O3. The van der Waals surface area contributed by atoms with Crippen LogP contribution in [0.4, 0.5) is 5.69 Å². The van der Waals surface area contributed by atoms with E-state index in [0.29, 0.717) is 11.3 Å². The van der Waals surface area contributed by atoms with Crippen LogP contribution in [-0.2, 0) is 16.0 Å². The van der Waals surface area contributed by atoms with Gasteiger partial charge in [-0.25, -0.2) is 4.79 Å². The molecule has 152 valence electrons. The van der Waals surface area contributed by atoms with Crippen molar-refractivity contribution in [3.05, 3.63) is 82.1 Å². The van der Waals surface area contributed by atoms with E-state index in [1.165, 1.54) is 6.07 Å². The Kier molecular flexibility index (Phi) is 6.55. The van der Waals surface area contributed by atoms with Gasteiger partial charge in [0.05, 0.1) is 30.3 Å². The number of amides is 1. The normalized spacial score (nSPS) is 10.3. The summed E-state index contributed by atoms with van der Waals surface area (Å²) in [5.74, 6) is -0.901. The summed E-state index contributed by atoms with van der Waals surface area (Å²) < 4.78 is 6.74. The van der Waals surface area contributed by atoms with E-state index in [9.17, 15) is 9.59 Å². The van der Waals surface area contributed by atoms with E-state index in [0.717, 1.165) is 11.1 Å². The Morgan fingerprint density at radius 1 is 1.13 bits per heavy atom. The lowest BCUT2D eigenvalue weighted by Gasteiger charge is -2.12. The number of rotatable bonds is 6. The number of hydrogen-bond donors (Lipinski definition) is 1. The number of halogens is 1. The van der Waals surface area contributed by atoms with Crippen LogP contribution in [0.2, 0.25) is 5.15 Å². The molecular weight excluding hydrogens is 402 g/mol. The molecule has 0 spiro atoms. The monoisotopic (exact) mass is 421 g/mol. The number of nitrogens with one attached hydrogen (secondary N) is 1. The van der Waals surface area contributed by atoms with Crippen molar-refractivity contribution >= 4 is 29.2 Å². The van der Waals surface area contributed by atoms with Crippen LogP contribution in [0.25, 0.3) is 5.69 Å². The molecule has 0 saturated carbocycles. The first-order valence-corrected chi connectivity index (χ1v) is 9.75. The predicted molar refractivity (Wildman–Crippen MR) is 115 cm³/mol. The molecule has 0 aliphatic heterocycles. The molecule has 0 saturated heterocycles. The van der Waals surface area contributed by atoms with Crippen LogP contribution in [0, 0.1) is 18.3 Å². The lowest BCUT2D eigenvalue weighted by Crippen LogP contribution is -2.18. The lowest BCUT2D eigenvalue weighted by atomic mass is 10.1. The molecule has 1 aromatic heterocycles. The van der Waals surface area contributed by atoms with Gasteiger partial charge in [0, 0.05) is 5.69 Å². The second-order valence-electron chi connectivity index (χ2n) is 6.65. The van der Waals surface area contributed by atoms with Crippen LogP contribution in [0.5, 0.6) is 0 Å². The number of aromatic nitrogens is 1. The first kappa shape index (κ1) is 21.2. The third-order valence-electron chi connectivity index (χ3n) is 4.44. The fourth-order valence-electron chi connectivity index (χ4n) is 3.00. The summed E-state index contributed by atoms with van der Waals surface area (Å²) in [6.07, 6.45) is 0.0846. The third-order valence-corrected chi connectivity index (χ3v) is 4.72. The number of aryl methyl sites for hydroxylation is 1. The SMILES string of the molecule is CCOC(=O)c1c(NC(=O)Cc2ccc(C#N)cc2)cc(Cl)n1-c1ccc(C)cc1. The van der Waals surface area contributed by atoms with Gasteiger partial charge < -0.3 is 10.1 Å². The summed E-state index contributed by atoms with van der Waals surface area (Å²) in [7, 11) is 0. The minimum absolute atomic E-state index is 0.0846. The number of ether oxygens (including phenoxy) is 1. The van der Waals surface area contributed by atoms with Gasteiger partial charge in [0.15, 0.2) is 5.69 Å². The molecule has 7 heteroatoms. The molecule has 0 fully saturated rings. The molecule has 0 bridgehead atoms. The number of esters is 1. The number of nitrogens with zero attached hydrogens (tertiary/aromatic N) is 2. The van der Waals surface area contributed by atoms with Crippen LogP contribution in [0.1, 0.15) is 34.1 Å². The molecule has 0 radical (unpaired) electrons. The lowest BCUT2D eigenvalue weighted by molar-refractivity contribution is -0.115. The molecule has 3 aromatic rings. The van der Waals surface area contributed by atoms with Gasteiger partial charge in [-0.15, -0.1) is 0 Å². The van der Waals surface area contributed by atoms with Crippen LogP contribution >= 0.6 is 11.6 Å². The van der Waals surface area contributed by atoms with Crippen molar-refractivity contribution in [2.24, 2.45) is 0 Å². The van der Waals surface area contributed by atoms with E-state index < -0.39 is 5.97 Å². The molecule has 0 unspecified atom stereocenters. The highest BCUT2D eigenvalue weighted by Crippen LogP contribution is 2.30. The molecule has 0 aliphatic rings. The van der Waals surface area contributed by atoms with E-state index in [1.807, 2.05) is 37.3 Å². The molecule has 1 heterocycles. The largest absolute Gasteiger partial charge is 0.461 e. The van der Waals surface area contributed by atoms with Gasteiger partial charge in [-0.05, 0) is 49.7 Å². The Hall–Kier alpha value is -3.56. The quantitative estimate of drug-likeness (QED) is 0.586. The number of carbonyl (C=O) groups is 2. The Labute approximate surface area is 179 Å². The summed E-state index contributed by atoms with van der Waals surface area (Å²) in [5.41, 5.74) is 3.44. The molecule has 0 aliphatic carbocycles. The maximum atomic E-state index is 12.7. The van der Waals surface area contributed by atoms with Gasteiger partial charge >= 0.3 is 5.97 Å². The summed E-state index contributed by atoms with van der Waals surface area (Å²) in [6.45, 7) is 3.86. The highest BCUT2D eigenvalue weighted by molar-refractivity contribution is 6.31. The Morgan fingerprint density at radius 3 is 2.40 bits per heavy atom. The number of hydrogen-bond acceptors (Lipinski definition) is 4. The van der Waals surface area contributed by atoms with Crippen LogP contribution < -0.4 is 5.32 Å². The molecule has 1 amide bonds. The fourth-order valence-corrected chi connectivity index (χ4v) is 3.29. The predicted octanol–water partition coefficient (Wildman–Crippen LogP) is 4.67. The molecule has 6 nitrogen and oxygen atoms in total. The number of benzene rings is 2. The molecule has 1 N–H and O–H groups in total. The highest BCUT2D eigenvalue weighted by atomic mass is 35.5. The topological polar surface area (TPSA) is 84.1 Å². The number of carbonyl (C=O) groups excluding carboxylic acids is 2.